The first-order valence-electron chi connectivity index (χ1n) is 8.12. The highest BCUT2D eigenvalue weighted by molar-refractivity contribution is 7.99. The summed E-state index contributed by atoms with van der Waals surface area (Å²) in [6, 6.07) is 19.9. The second kappa shape index (κ2) is 8.86. The maximum atomic E-state index is 12.7. The smallest absolute Gasteiger partial charge is 0.258 e. The Morgan fingerprint density at radius 2 is 1.74 bits per heavy atom. The number of benzene rings is 2. The second-order valence-electron chi connectivity index (χ2n) is 5.50. The van der Waals surface area contributed by atoms with Crippen LogP contribution in [0.15, 0.2) is 82.8 Å². The first kappa shape index (κ1) is 18.5. The van der Waals surface area contributed by atoms with Crippen molar-refractivity contribution in [3.8, 4) is 5.75 Å². The summed E-state index contributed by atoms with van der Waals surface area (Å²) in [6.07, 6.45) is 1.66. The average molecular weight is 379 g/mol. The SMILES string of the molecule is NC(=O)COc1ccc(NC(=O)c2cccnc2Sc2ccccc2)cc1. The monoisotopic (exact) mass is 379 g/mol. The van der Waals surface area contributed by atoms with Crippen molar-refractivity contribution < 1.29 is 14.3 Å². The van der Waals surface area contributed by atoms with Gasteiger partial charge in [-0.05, 0) is 48.5 Å². The van der Waals surface area contributed by atoms with Gasteiger partial charge in [-0.2, -0.15) is 0 Å². The molecule has 3 rings (SSSR count). The van der Waals surface area contributed by atoms with Crippen LogP contribution in [-0.4, -0.2) is 23.4 Å². The molecule has 0 unspecified atom stereocenters. The number of anilines is 1. The number of carbonyl (C=O) groups is 2. The van der Waals surface area contributed by atoms with Crippen LogP contribution in [0.4, 0.5) is 5.69 Å². The lowest BCUT2D eigenvalue weighted by atomic mass is 10.2. The van der Waals surface area contributed by atoms with E-state index in [1.807, 2.05) is 30.3 Å². The molecular formula is C20H17N3O3S. The number of hydrogen-bond donors (Lipinski definition) is 2. The number of primary amides is 1. The van der Waals surface area contributed by atoms with Crippen LogP contribution in [0.2, 0.25) is 0 Å². The van der Waals surface area contributed by atoms with Crippen molar-refractivity contribution in [3.05, 3.63) is 78.5 Å². The van der Waals surface area contributed by atoms with Crippen LogP contribution >= 0.6 is 11.8 Å². The zero-order valence-electron chi connectivity index (χ0n) is 14.3. The van der Waals surface area contributed by atoms with Crippen LogP contribution in [0, 0.1) is 0 Å². The summed E-state index contributed by atoms with van der Waals surface area (Å²) in [5, 5.41) is 3.46. The molecule has 7 heteroatoms. The number of amides is 2. The predicted octanol–water partition coefficient (Wildman–Crippen LogP) is 3.35. The molecule has 6 nitrogen and oxygen atoms in total. The van der Waals surface area contributed by atoms with Gasteiger partial charge in [0.1, 0.15) is 10.8 Å². The van der Waals surface area contributed by atoms with Crippen molar-refractivity contribution in [2.24, 2.45) is 5.73 Å². The molecule has 0 atom stereocenters. The quantitative estimate of drug-likeness (QED) is 0.656. The molecule has 0 aliphatic rings. The van der Waals surface area contributed by atoms with Gasteiger partial charge in [0.2, 0.25) is 0 Å². The standard InChI is InChI=1S/C20H17N3O3S/c21-18(24)13-26-15-10-8-14(9-11-15)23-19(25)17-7-4-12-22-20(17)27-16-5-2-1-3-6-16/h1-12H,13H2,(H2,21,24)(H,23,25). The highest BCUT2D eigenvalue weighted by Gasteiger charge is 2.13. The molecule has 3 N–H and O–H groups in total. The topological polar surface area (TPSA) is 94.3 Å². The largest absolute Gasteiger partial charge is 0.484 e. The fourth-order valence-corrected chi connectivity index (χ4v) is 3.13. The summed E-state index contributed by atoms with van der Waals surface area (Å²) < 4.78 is 5.20. The zero-order valence-corrected chi connectivity index (χ0v) is 15.1. The average Bonchev–Trinajstić information content (AvgIpc) is 2.68. The van der Waals surface area contributed by atoms with Crippen LogP contribution in [0.5, 0.6) is 5.75 Å². The molecular weight excluding hydrogens is 362 g/mol. The Bertz CT molecular complexity index is 931. The van der Waals surface area contributed by atoms with E-state index in [0.717, 1.165) is 4.90 Å². The van der Waals surface area contributed by atoms with Gasteiger partial charge < -0.3 is 15.8 Å². The van der Waals surface area contributed by atoms with Crippen molar-refractivity contribution in [2.45, 2.75) is 9.92 Å². The molecule has 0 fully saturated rings. The van der Waals surface area contributed by atoms with Gasteiger partial charge in [-0.15, -0.1) is 0 Å². The first-order valence-corrected chi connectivity index (χ1v) is 8.94. The van der Waals surface area contributed by atoms with Crippen LogP contribution in [0.3, 0.4) is 0 Å². The minimum Gasteiger partial charge on any atom is -0.484 e. The van der Waals surface area contributed by atoms with Gasteiger partial charge in [0.25, 0.3) is 11.8 Å². The highest BCUT2D eigenvalue weighted by atomic mass is 32.2. The molecule has 0 radical (unpaired) electrons. The number of nitrogens with two attached hydrogens (primary N) is 1. The summed E-state index contributed by atoms with van der Waals surface area (Å²) in [6.45, 7) is -0.193. The number of aromatic nitrogens is 1. The molecule has 2 aromatic carbocycles. The Morgan fingerprint density at radius 1 is 1.00 bits per heavy atom. The molecule has 1 aromatic heterocycles. The number of nitrogens with one attached hydrogen (secondary N) is 1. The number of hydrogen-bond acceptors (Lipinski definition) is 5. The van der Waals surface area contributed by atoms with Gasteiger partial charge in [0, 0.05) is 16.8 Å². The van der Waals surface area contributed by atoms with Gasteiger partial charge in [0.05, 0.1) is 5.56 Å². The molecule has 136 valence electrons. The number of rotatable bonds is 7. The maximum Gasteiger partial charge on any atom is 0.258 e. The molecule has 3 aromatic rings. The van der Waals surface area contributed by atoms with Crippen molar-refractivity contribution in [1.82, 2.24) is 4.98 Å². The van der Waals surface area contributed by atoms with Gasteiger partial charge in [0.15, 0.2) is 6.61 Å². The highest BCUT2D eigenvalue weighted by Crippen LogP contribution is 2.28. The van der Waals surface area contributed by atoms with E-state index < -0.39 is 5.91 Å². The molecule has 0 aliphatic heterocycles. The Balaban J connectivity index is 1.70. The number of nitrogens with zero attached hydrogens (tertiary/aromatic N) is 1. The Labute approximate surface area is 160 Å². The van der Waals surface area contributed by atoms with E-state index in [2.05, 4.69) is 10.3 Å². The first-order chi connectivity index (χ1) is 13.1. The molecule has 0 aliphatic carbocycles. The molecule has 0 spiro atoms. The summed E-state index contributed by atoms with van der Waals surface area (Å²) in [5.74, 6) is -0.312. The Hall–Kier alpha value is -3.32. The van der Waals surface area contributed by atoms with Gasteiger partial charge in [-0.25, -0.2) is 4.98 Å². The van der Waals surface area contributed by atoms with Crippen LogP contribution in [0.1, 0.15) is 10.4 Å². The van der Waals surface area contributed by atoms with Crippen LogP contribution < -0.4 is 15.8 Å². The third kappa shape index (κ3) is 5.32. The van der Waals surface area contributed by atoms with Crippen molar-refractivity contribution >= 4 is 29.3 Å². The van der Waals surface area contributed by atoms with E-state index in [0.29, 0.717) is 22.0 Å². The van der Waals surface area contributed by atoms with Crippen LogP contribution in [0.25, 0.3) is 0 Å². The van der Waals surface area contributed by atoms with Gasteiger partial charge in [-0.1, -0.05) is 30.0 Å². The molecule has 1 heterocycles. The molecule has 0 saturated heterocycles. The molecule has 0 saturated carbocycles. The van der Waals surface area contributed by atoms with Crippen molar-refractivity contribution in [3.63, 3.8) is 0 Å². The van der Waals surface area contributed by atoms with Gasteiger partial charge in [-0.3, -0.25) is 9.59 Å². The van der Waals surface area contributed by atoms with E-state index >= 15 is 0 Å². The third-order valence-electron chi connectivity index (χ3n) is 3.47. The Kier molecular flexibility index (Phi) is 6.06. The van der Waals surface area contributed by atoms with Gasteiger partial charge >= 0.3 is 0 Å². The van der Waals surface area contributed by atoms with E-state index in [1.54, 1.807) is 42.6 Å². The second-order valence-corrected chi connectivity index (χ2v) is 6.57. The zero-order chi connectivity index (χ0) is 19.1. The lowest BCUT2D eigenvalue weighted by Crippen LogP contribution is -2.20. The fourth-order valence-electron chi connectivity index (χ4n) is 2.23. The lowest BCUT2D eigenvalue weighted by molar-refractivity contribution is -0.119. The number of carbonyl (C=O) groups excluding carboxylic acids is 2. The normalized spacial score (nSPS) is 10.2. The molecule has 27 heavy (non-hydrogen) atoms. The summed E-state index contributed by atoms with van der Waals surface area (Å²) in [4.78, 5) is 28.7. The minimum absolute atomic E-state index is 0.193. The number of ether oxygens (including phenoxy) is 1. The lowest BCUT2D eigenvalue weighted by Gasteiger charge is -2.10. The predicted molar refractivity (Wildman–Crippen MR) is 104 cm³/mol. The number of pyridine rings is 1. The van der Waals surface area contributed by atoms with E-state index in [4.69, 9.17) is 10.5 Å². The summed E-state index contributed by atoms with van der Waals surface area (Å²) >= 11 is 1.43. The van der Waals surface area contributed by atoms with E-state index in [1.165, 1.54) is 11.8 Å². The summed E-state index contributed by atoms with van der Waals surface area (Å²) in [5.41, 5.74) is 6.13. The van der Waals surface area contributed by atoms with E-state index in [9.17, 15) is 9.59 Å². The Morgan fingerprint density at radius 3 is 2.44 bits per heavy atom. The maximum absolute atomic E-state index is 12.7. The molecule has 2 amide bonds. The fraction of sp³-hybridized carbons (Fsp3) is 0.0500. The summed E-state index contributed by atoms with van der Waals surface area (Å²) in [7, 11) is 0. The van der Waals surface area contributed by atoms with E-state index in [-0.39, 0.29) is 12.5 Å². The third-order valence-corrected chi connectivity index (χ3v) is 4.49. The minimum atomic E-state index is -0.549. The van der Waals surface area contributed by atoms with Crippen molar-refractivity contribution in [1.29, 1.82) is 0 Å². The molecule has 0 bridgehead atoms. The van der Waals surface area contributed by atoms with Crippen molar-refractivity contribution in [2.75, 3.05) is 11.9 Å². The van der Waals surface area contributed by atoms with Crippen LogP contribution in [-0.2, 0) is 4.79 Å².